The number of hydrogen-bond donors (Lipinski definition) is 1. The highest BCUT2D eigenvalue weighted by Crippen LogP contribution is 2.13. The largest absolute Gasteiger partial charge is 0.340 e. The van der Waals surface area contributed by atoms with Crippen LogP contribution < -0.4 is 0 Å². The van der Waals surface area contributed by atoms with E-state index >= 15 is 0 Å². The lowest BCUT2D eigenvalue weighted by molar-refractivity contribution is -0.134. The molecular weight excluding hydrogens is 204 g/mol. The Morgan fingerprint density at radius 1 is 1.69 bits per heavy atom. The smallest absolute Gasteiger partial charge is 0.240 e. The van der Waals surface area contributed by atoms with Crippen LogP contribution in [0.1, 0.15) is 19.4 Å². The summed E-state index contributed by atoms with van der Waals surface area (Å²) < 4.78 is 0. The third kappa shape index (κ3) is 2.83. The van der Waals surface area contributed by atoms with Crippen LogP contribution in [-0.2, 0) is 11.3 Å². The van der Waals surface area contributed by atoms with Crippen molar-refractivity contribution in [2.24, 2.45) is 11.8 Å². The minimum absolute atomic E-state index is 0.0318. The molecule has 86 valence electrons. The lowest BCUT2D eigenvalue weighted by Crippen LogP contribution is -2.34. The molecule has 0 spiro atoms. The van der Waals surface area contributed by atoms with Gasteiger partial charge in [-0.05, 0) is 5.92 Å². The molecule has 1 rings (SSSR count). The highest BCUT2D eigenvalue weighted by Gasteiger charge is 2.24. The molecule has 1 amide bonds. The number of aromatic nitrogens is 2. The van der Waals surface area contributed by atoms with Crippen molar-refractivity contribution in [3.8, 4) is 6.07 Å². The van der Waals surface area contributed by atoms with Gasteiger partial charge in [0.25, 0.3) is 0 Å². The minimum atomic E-state index is -0.572. The molecule has 0 aliphatic rings. The molecule has 5 nitrogen and oxygen atoms in total. The van der Waals surface area contributed by atoms with Gasteiger partial charge in [0, 0.05) is 25.4 Å². The van der Waals surface area contributed by atoms with Crippen LogP contribution in [0.2, 0.25) is 0 Å². The van der Waals surface area contributed by atoms with E-state index in [-0.39, 0.29) is 11.8 Å². The van der Waals surface area contributed by atoms with Gasteiger partial charge in [0.05, 0.1) is 12.3 Å². The summed E-state index contributed by atoms with van der Waals surface area (Å²) in [5, 5.41) is 15.4. The van der Waals surface area contributed by atoms with Crippen LogP contribution in [0.15, 0.2) is 12.4 Å². The van der Waals surface area contributed by atoms with E-state index in [0.717, 1.165) is 5.56 Å². The van der Waals surface area contributed by atoms with Crippen molar-refractivity contribution < 1.29 is 4.79 Å². The normalized spacial score (nSPS) is 12.2. The van der Waals surface area contributed by atoms with E-state index in [1.54, 1.807) is 24.3 Å². The van der Waals surface area contributed by atoms with E-state index in [1.807, 2.05) is 19.9 Å². The van der Waals surface area contributed by atoms with Gasteiger partial charge in [0.1, 0.15) is 5.92 Å². The Morgan fingerprint density at radius 2 is 2.38 bits per heavy atom. The molecule has 0 aliphatic carbocycles. The molecule has 1 aromatic heterocycles. The topological polar surface area (TPSA) is 72.8 Å². The van der Waals surface area contributed by atoms with Crippen molar-refractivity contribution in [2.45, 2.75) is 20.4 Å². The van der Waals surface area contributed by atoms with Crippen LogP contribution in [0, 0.1) is 23.2 Å². The van der Waals surface area contributed by atoms with Crippen molar-refractivity contribution >= 4 is 5.91 Å². The predicted octanol–water partition coefficient (Wildman–Crippen LogP) is 1.16. The second-order valence-corrected chi connectivity index (χ2v) is 4.15. The van der Waals surface area contributed by atoms with Crippen LogP contribution in [-0.4, -0.2) is 28.1 Å². The van der Waals surface area contributed by atoms with Gasteiger partial charge in [-0.15, -0.1) is 0 Å². The molecular formula is C11H16N4O. The number of aromatic amines is 1. The van der Waals surface area contributed by atoms with Crippen LogP contribution in [0.25, 0.3) is 0 Å². The molecule has 0 saturated carbocycles. The molecule has 0 radical (unpaired) electrons. The average molecular weight is 220 g/mol. The Bertz CT molecular complexity index is 377. The number of amides is 1. The van der Waals surface area contributed by atoms with Crippen molar-refractivity contribution in [1.29, 1.82) is 5.26 Å². The molecule has 1 atom stereocenters. The van der Waals surface area contributed by atoms with E-state index in [4.69, 9.17) is 5.26 Å². The number of rotatable bonds is 4. The Kier molecular flexibility index (Phi) is 4.06. The molecule has 1 heterocycles. The summed E-state index contributed by atoms with van der Waals surface area (Å²) in [6.45, 7) is 4.22. The monoisotopic (exact) mass is 220 g/mol. The van der Waals surface area contributed by atoms with E-state index in [0.29, 0.717) is 6.54 Å². The third-order valence-corrected chi connectivity index (χ3v) is 2.42. The fourth-order valence-corrected chi connectivity index (χ4v) is 1.44. The summed E-state index contributed by atoms with van der Waals surface area (Å²) >= 11 is 0. The molecule has 1 aromatic rings. The maximum Gasteiger partial charge on any atom is 0.240 e. The summed E-state index contributed by atoms with van der Waals surface area (Å²) in [5.41, 5.74) is 0.927. The molecule has 0 aliphatic heterocycles. The molecule has 5 heteroatoms. The third-order valence-electron chi connectivity index (χ3n) is 2.42. The lowest BCUT2D eigenvalue weighted by Gasteiger charge is -2.21. The van der Waals surface area contributed by atoms with Crippen molar-refractivity contribution in [3.63, 3.8) is 0 Å². The van der Waals surface area contributed by atoms with E-state index in [9.17, 15) is 4.79 Å². The van der Waals surface area contributed by atoms with Crippen LogP contribution in [0.3, 0.4) is 0 Å². The summed E-state index contributed by atoms with van der Waals surface area (Å²) in [6, 6.07) is 2.05. The first-order chi connectivity index (χ1) is 7.56. The Labute approximate surface area is 95.1 Å². The summed E-state index contributed by atoms with van der Waals surface area (Å²) in [7, 11) is 1.70. The Balaban J connectivity index is 2.64. The highest BCUT2D eigenvalue weighted by atomic mass is 16.2. The average Bonchev–Trinajstić information content (AvgIpc) is 2.70. The first-order valence-corrected chi connectivity index (χ1v) is 5.18. The maximum absolute atomic E-state index is 11.9. The van der Waals surface area contributed by atoms with E-state index in [2.05, 4.69) is 10.2 Å². The molecule has 1 N–H and O–H groups in total. The van der Waals surface area contributed by atoms with Gasteiger partial charge in [-0.3, -0.25) is 9.89 Å². The van der Waals surface area contributed by atoms with E-state index < -0.39 is 5.92 Å². The molecule has 0 bridgehead atoms. The highest BCUT2D eigenvalue weighted by molar-refractivity contribution is 5.81. The molecule has 0 aromatic carbocycles. The number of nitriles is 1. The minimum Gasteiger partial charge on any atom is -0.340 e. The zero-order chi connectivity index (χ0) is 12.1. The van der Waals surface area contributed by atoms with Crippen LogP contribution >= 0.6 is 0 Å². The first-order valence-electron chi connectivity index (χ1n) is 5.18. The Morgan fingerprint density at radius 3 is 2.81 bits per heavy atom. The number of nitrogens with zero attached hydrogens (tertiary/aromatic N) is 3. The SMILES string of the molecule is CC(C)C(C#N)C(=O)N(C)Cc1cn[nH]c1. The van der Waals surface area contributed by atoms with Gasteiger partial charge < -0.3 is 4.90 Å². The van der Waals surface area contributed by atoms with Gasteiger partial charge >= 0.3 is 0 Å². The van der Waals surface area contributed by atoms with Crippen molar-refractivity contribution in [3.05, 3.63) is 18.0 Å². The zero-order valence-electron chi connectivity index (χ0n) is 9.77. The number of nitrogens with one attached hydrogen (secondary N) is 1. The molecule has 0 fully saturated rings. The summed E-state index contributed by atoms with van der Waals surface area (Å²) in [5.74, 6) is -0.681. The van der Waals surface area contributed by atoms with Crippen molar-refractivity contribution in [1.82, 2.24) is 15.1 Å². The number of H-pyrrole nitrogens is 1. The quantitative estimate of drug-likeness (QED) is 0.827. The summed E-state index contributed by atoms with van der Waals surface area (Å²) in [4.78, 5) is 13.5. The second-order valence-electron chi connectivity index (χ2n) is 4.15. The van der Waals surface area contributed by atoms with E-state index in [1.165, 1.54) is 0 Å². The predicted molar refractivity (Wildman–Crippen MR) is 59.0 cm³/mol. The first kappa shape index (κ1) is 12.2. The summed E-state index contributed by atoms with van der Waals surface area (Å²) in [6.07, 6.45) is 3.40. The van der Waals surface area contributed by atoms with Gasteiger partial charge in [-0.2, -0.15) is 10.4 Å². The van der Waals surface area contributed by atoms with Gasteiger partial charge in [0.15, 0.2) is 0 Å². The zero-order valence-corrected chi connectivity index (χ0v) is 9.77. The number of carbonyl (C=O) groups excluding carboxylic acids is 1. The Hall–Kier alpha value is -1.83. The van der Waals surface area contributed by atoms with Gasteiger partial charge in [0.2, 0.25) is 5.91 Å². The fourth-order valence-electron chi connectivity index (χ4n) is 1.44. The standard InChI is InChI=1S/C11H16N4O/c1-8(2)10(4-12)11(16)15(3)7-9-5-13-14-6-9/h5-6,8,10H,7H2,1-3H3,(H,13,14). The molecule has 16 heavy (non-hydrogen) atoms. The van der Waals surface area contributed by atoms with Gasteiger partial charge in [-0.25, -0.2) is 0 Å². The van der Waals surface area contributed by atoms with Crippen molar-refractivity contribution in [2.75, 3.05) is 7.05 Å². The number of carbonyl (C=O) groups is 1. The van der Waals surface area contributed by atoms with Crippen LogP contribution in [0.5, 0.6) is 0 Å². The molecule has 1 unspecified atom stereocenters. The van der Waals surface area contributed by atoms with Crippen LogP contribution in [0.4, 0.5) is 0 Å². The number of hydrogen-bond acceptors (Lipinski definition) is 3. The lowest BCUT2D eigenvalue weighted by atomic mass is 9.96. The maximum atomic E-state index is 11.9. The molecule has 0 saturated heterocycles. The second kappa shape index (κ2) is 5.31. The fraction of sp³-hybridized carbons (Fsp3) is 0.545. The van der Waals surface area contributed by atoms with Gasteiger partial charge in [-0.1, -0.05) is 13.8 Å².